The summed E-state index contributed by atoms with van der Waals surface area (Å²) in [5.74, 6) is 1.41. The Labute approximate surface area is 117 Å². The highest BCUT2D eigenvalue weighted by Crippen LogP contribution is 2.41. The van der Waals surface area contributed by atoms with Crippen LogP contribution in [-0.2, 0) is 4.84 Å². The Morgan fingerprint density at radius 3 is 2.90 bits per heavy atom. The lowest BCUT2D eigenvalue weighted by atomic mass is 9.90. The van der Waals surface area contributed by atoms with Crippen LogP contribution in [-0.4, -0.2) is 24.8 Å². The number of hydrogen-bond donors (Lipinski definition) is 0. The molecular formula is C15H17NO4. The van der Waals surface area contributed by atoms with E-state index in [9.17, 15) is 5.21 Å². The van der Waals surface area contributed by atoms with Gasteiger partial charge in [-0.2, -0.15) is 0 Å². The number of methoxy groups -OCH3 is 2. The topological polar surface area (TPSA) is 53.8 Å². The minimum absolute atomic E-state index is 0.409. The van der Waals surface area contributed by atoms with Gasteiger partial charge in [0.05, 0.1) is 14.2 Å². The molecule has 1 aliphatic heterocycles. The first kappa shape index (κ1) is 12.8. The molecule has 0 amide bonds. The predicted octanol–water partition coefficient (Wildman–Crippen LogP) is 2.75. The second kappa shape index (κ2) is 5.07. The minimum atomic E-state index is -0.409. The lowest BCUT2D eigenvalue weighted by Gasteiger charge is -2.18. The molecule has 106 valence electrons. The summed E-state index contributed by atoms with van der Waals surface area (Å²) in [6, 6.07) is 5.51. The fourth-order valence-corrected chi connectivity index (χ4v) is 2.73. The van der Waals surface area contributed by atoms with Gasteiger partial charge in [0.2, 0.25) is 5.71 Å². The van der Waals surface area contributed by atoms with E-state index in [1.165, 1.54) is 0 Å². The largest absolute Gasteiger partial charge is 0.497 e. The van der Waals surface area contributed by atoms with Gasteiger partial charge in [0.25, 0.3) is 0 Å². The van der Waals surface area contributed by atoms with Gasteiger partial charge < -0.3 is 14.3 Å². The molecule has 1 aromatic rings. The van der Waals surface area contributed by atoms with Crippen LogP contribution in [0.15, 0.2) is 29.8 Å². The number of ether oxygens (including phenoxy) is 2. The zero-order chi connectivity index (χ0) is 14.1. The van der Waals surface area contributed by atoms with Gasteiger partial charge in [-0.05, 0) is 31.0 Å². The van der Waals surface area contributed by atoms with Crippen LogP contribution >= 0.6 is 0 Å². The molecule has 0 aromatic heterocycles. The van der Waals surface area contributed by atoms with Crippen LogP contribution < -0.4 is 9.47 Å². The van der Waals surface area contributed by atoms with E-state index in [4.69, 9.17) is 14.3 Å². The Bertz CT molecular complexity index is 592. The molecule has 1 atom stereocenters. The van der Waals surface area contributed by atoms with Crippen molar-refractivity contribution in [3.63, 3.8) is 0 Å². The maximum atomic E-state index is 11.9. The average molecular weight is 275 g/mol. The van der Waals surface area contributed by atoms with Crippen LogP contribution in [0.5, 0.6) is 11.5 Å². The molecule has 3 rings (SSSR count). The van der Waals surface area contributed by atoms with E-state index in [-0.39, 0.29) is 0 Å². The van der Waals surface area contributed by atoms with Gasteiger partial charge in [-0.15, -0.1) is 0 Å². The molecule has 0 saturated heterocycles. The van der Waals surface area contributed by atoms with Gasteiger partial charge in [-0.25, -0.2) is 0 Å². The van der Waals surface area contributed by atoms with Crippen LogP contribution in [0.2, 0.25) is 0 Å². The van der Waals surface area contributed by atoms with Crippen molar-refractivity contribution in [3.05, 3.63) is 40.6 Å². The quantitative estimate of drug-likeness (QED) is 0.796. The van der Waals surface area contributed by atoms with Gasteiger partial charge in [0, 0.05) is 22.5 Å². The first-order chi connectivity index (χ1) is 9.74. The molecule has 0 radical (unpaired) electrons. The minimum Gasteiger partial charge on any atom is -0.497 e. The second-order valence-corrected chi connectivity index (χ2v) is 4.85. The van der Waals surface area contributed by atoms with E-state index in [0.29, 0.717) is 16.4 Å². The van der Waals surface area contributed by atoms with Crippen molar-refractivity contribution in [2.24, 2.45) is 0 Å². The first-order valence-electron chi connectivity index (χ1n) is 6.67. The second-order valence-electron chi connectivity index (χ2n) is 4.85. The molecule has 2 aliphatic rings. The van der Waals surface area contributed by atoms with Crippen LogP contribution in [0.4, 0.5) is 0 Å². The van der Waals surface area contributed by atoms with Crippen LogP contribution in [0.25, 0.3) is 0 Å². The van der Waals surface area contributed by atoms with E-state index >= 15 is 0 Å². The number of benzene rings is 1. The third kappa shape index (κ3) is 1.99. The molecule has 1 aliphatic carbocycles. The molecule has 0 N–H and O–H groups in total. The van der Waals surface area contributed by atoms with Crippen molar-refractivity contribution >= 4 is 5.71 Å². The molecule has 1 unspecified atom stereocenters. The summed E-state index contributed by atoms with van der Waals surface area (Å²) in [6.07, 6.45) is 4.40. The number of fused-ring (bicyclic) bond motifs is 1. The third-order valence-corrected chi connectivity index (χ3v) is 3.74. The van der Waals surface area contributed by atoms with E-state index < -0.39 is 6.10 Å². The Balaban J connectivity index is 2.04. The summed E-state index contributed by atoms with van der Waals surface area (Å²) in [7, 11) is 3.22. The summed E-state index contributed by atoms with van der Waals surface area (Å²) in [5, 5.41) is 11.9. The van der Waals surface area contributed by atoms with Gasteiger partial charge in [0.1, 0.15) is 17.6 Å². The van der Waals surface area contributed by atoms with Crippen molar-refractivity contribution in [2.75, 3.05) is 14.2 Å². The maximum Gasteiger partial charge on any atom is 0.249 e. The molecular weight excluding hydrogens is 258 g/mol. The SMILES string of the molecule is COc1ccc(OC)c(C2O[N+]([O-])=C3CCCC=C32)c1. The standard InChI is InChI=1S/C15H17NO4/c1-18-10-7-8-14(19-2)12(9-10)15-11-5-3-4-6-13(11)16(17)20-15/h5,7-9,15H,3-4,6H2,1-2H3. The lowest BCUT2D eigenvalue weighted by Crippen LogP contribution is -2.11. The number of hydrogen-bond acceptors (Lipinski definition) is 4. The Kier molecular flexibility index (Phi) is 3.26. The average Bonchev–Trinajstić information content (AvgIpc) is 2.84. The molecule has 0 bridgehead atoms. The lowest BCUT2D eigenvalue weighted by molar-refractivity contribution is -0.743. The molecule has 0 saturated carbocycles. The van der Waals surface area contributed by atoms with Crippen molar-refractivity contribution in [3.8, 4) is 11.5 Å². The zero-order valence-electron chi connectivity index (χ0n) is 11.6. The predicted molar refractivity (Wildman–Crippen MR) is 73.9 cm³/mol. The summed E-state index contributed by atoms with van der Waals surface area (Å²) >= 11 is 0. The summed E-state index contributed by atoms with van der Waals surface area (Å²) in [4.78, 5) is 6.12. The number of allylic oxidation sites excluding steroid dienone is 1. The fourth-order valence-electron chi connectivity index (χ4n) is 2.73. The highest BCUT2D eigenvalue weighted by Gasteiger charge is 2.37. The smallest absolute Gasteiger partial charge is 0.249 e. The molecule has 5 nitrogen and oxygen atoms in total. The Hall–Kier alpha value is -2.17. The normalized spacial score (nSPS) is 21.1. The van der Waals surface area contributed by atoms with Gasteiger partial charge >= 0.3 is 0 Å². The van der Waals surface area contributed by atoms with Gasteiger partial charge in [0.15, 0.2) is 0 Å². The molecule has 1 heterocycles. The molecule has 0 fully saturated rings. The molecule has 5 heteroatoms. The molecule has 0 spiro atoms. The number of nitrogens with zero attached hydrogens (tertiary/aromatic N) is 1. The Morgan fingerprint density at radius 2 is 2.15 bits per heavy atom. The van der Waals surface area contributed by atoms with E-state index in [1.54, 1.807) is 14.2 Å². The van der Waals surface area contributed by atoms with Crippen LogP contribution in [0, 0.1) is 5.21 Å². The maximum absolute atomic E-state index is 11.9. The van der Waals surface area contributed by atoms with Crippen LogP contribution in [0.3, 0.4) is 0 Å². The third-order valence-electron chi connectivity index (χ3n) is 3.74. The monoisotopic (exact) mass is 275 g/mol. The van der Waals surface area contributed by atoms with Crippen molar-refractivity contribution < 1.29 is 19.2 Å². The molecule has 20 heavy (non-hydrogen) atoms. The van der Waals surface area contributed by atoms with E-state index in [2.05, 4.69) is 6.08 Å². The Morgan fingerprint density at radius 1 is 1.30 bits per heavy atom. The number of rotatable bonds is 3. The summed E-state index contributed by atoms with van der Waals surface area (Å²) in [5.41, 5.74) is 2.50. The van der Waals surface area contributed by atoms with E-state index in [0.717, 1.165) is 36.1 Å². The zero-order valence-corrected chi connectivity index (χ0v) is 11.6. The van der Waals surface area contributed by atoms with Crippen molar-refractivity contribution in [1.82, 2.24) is 0 Å². The highest BCUT2D eigenvalue weighted by atomic mass is 16.9. The van der Waals surface area contributed by atoms with E-state index in [1.807, 2.05) is 18.2 Å². The van der Waals surface area contributed by atoms with Gasteiger partial charge in [-0.1, -0.05) is 6.08 Å². The van der Waals surface area contributed by atoms with Crippen molar-refractivity contribution in [1.29, 1.82) is 0 Å². The first-order valence-corrected chi connectivity index (χ1v) is 6.67. The van der Waals surface area contributed by atoms with Crippen LogP contribution in [0.1, 0.15) is 30.9 Å². The highest BCUT2D eigenvalue weighted by molar-refractivity contribution is 5.99. The summed E-state index contributed by atoms with van der Waals surface area (Å²) in [6.45, 7) is 0. The fraction of sp³-hybridized carbons (Fsp3) is 0.400. The van der Waals surface area contributed by atoms with Crippen molar-refractivity contribution in [2.45, 2.75) is 25.4 Å². The van der Waals surface area contributed by atoms with Gasteiger partial charge in [-0.3, -0.25) is 5.21 Å². The summed E-state index contributed by atoms with van der Waals surface area (Å²) < 4.78 is 10.6. The molecule has 1 aromatic carbocycles.